The minimum atomic E-state index is -0.367. The number of methoxy groups -OCH3 is 1. The Morgan fingerprint density at radius 2 is 2.23 bits per heavy atom. The molecule has 1 aromatic heterocycles. The van der Waals surface area contributed by atoms with Crippen LogP contribution < -0.4 is 0 Å². The molecule has 2 aromatic rings. The fraction of sp³-hybridized carbons (Fsp3) is 0.529. The summed E-state index contributed by atoms with van der Waals surface area (Å²) >= 11 is 0. The molecule has 1 saturated heterocycles. The molecule has 0 saturated carbocycles. The fourth-order valence-corrected chi connectivity index (χ4v) is 3.15. The zero-order valence-electron chi connectivity index (χ0n) is 13.1. The molecule has 118 valence electrons. The third kappa shape index (κ3) is 2.99. The van der Waals surface area contributed by atoms with Gasteiger partial charge in [-0.15, -0.1) is 0 Å². The summed E-state index contributed by atoms with van der Waals surface area (Å²) in [5.74, 6) is 0.250. The lowest BCUT2D eigenvalue weighted by Crippen LogP contribution is -2.27. The Kier molecular flexibility index (Phi) is 4.43. The van der Waals surface area contributed by atoms with Crippen LogP contribution in [0, 0.1) is 12.8 Å². The first-order valence-electron chi connectivity index (χ1n) is 7.78. The zero-order chi connectivity index (χ0) is 15.5. The number of fused-ring (bicyclic) bond motifs is 1. The molecule has 0 N–H and O–H groups in total. The largest absolute Gasteiger partial charge is 0.467 e. The second-order valence-electron chi connectivity index (χ2n) is 5.98. The van der Waals surface area contributed by atoms with E-state index in [1.54, 1.807) is 0 Å². The van der Waals surface area contributed by atoms with Crippen LogP contribution >= 0.6 is 0 Å². The lowest BCUT2D eigenvalue weighted by Gasteiger charge is -2.26. The van der Waals surface area contributed by atoms with E-state index in [4.69, 9.17) is 9.47 Å². The van der Waals surface area contributed by atoms with E-state index in [1.165, 1.54) is 12.7 Å². The van der Waals surface area contributed by atoms with Crippen LogP contribution in [0.3, 0.4) is 0 Å². The minimum absolute atomic E-state index is 0.225. The lowest BCUT2D eigenvalue weighted by molar-refractivity contribution is -0.145. The van der Waals surface area contributed by atoms with Gasteiger partial charge in [-0.05, 0) is 44.2 Å². The molecular formula is C17H22N2O3. The average Bonchev–Trinajstić information content (AvgIpc) is 2.95. The van der Waals surface area contributed by atoms with Crippen molar-refractivity contribution in [3.8, 4) is 0 Å². The summed E-state index contributed by atoms with van der Waals surface area (Å²) in [7, 11) is 1.44. The molecule has 1 aliphatic rings. The van der Waals surface area contributed by atoms with Gasteiger partial charge < -0.3 is 9.47 Å². The number of hydrogen-bond acceptors (Lipinski definition) is 4. The fourth-order valence-electron chi connectivity index (χ4n) is 3.15. The molecule has 0 bridgehead atoms. The van der Waals surface area contributed by atoms with Gasteiger partial charge in [-0.2, -0.15) is 5.10 Å². The van der Waals surface area contributed by atoms with Gasteiger partial charge in [-0.25, -0.2) is 4.79 Å². The molecule has 2 heterocycles. The van der Waals surface area contributed by atoms with Crippen LogP contribution in [0.2, 0.25) is 0 Å². The molecule has 0 amide bonds. The first-order chi connectivity index (χ1) is 10.7. The quantitative estimate of drug-likeness (QED) is 0.815. The predicted molar refractivity (Wildman–Crippen MR) is 83.7 cm³/mol. The highest BCUT2D eigenvalue weighted by molar-refractivity contribution is 5.82. The van der Waals surface area contributed by atoms with Crippen LogP contribution in [0.25, 0.3) is 10.9 Å². The monoisotopic (exact) mass is 302 g/mol. The third-order valence-corrected chi connectivity index (χ3v) is 4.42. The second kappa shape index (κ2) is 6.48. The first-order valence-corrected chi connectivity index (χ1v) is 7.78. The summed E-state index contributed by atoms with van der Waals surface area (Å²) in [6, 6.07) is 5.79. The highest BCUT2D eigenvalue weighted by Crippen LogP contribution is 2.29. The Balaban J connectivity index is 1.91. The van der Waals surface area contributed by atoms with Crippen molar-refractivity contribution < 1.29 is 14.3 Å². The van der Waals surface area contributed by atoms with Gasteiger partial charge in [0.2, 0.25) is 0 Å². The molecule has 22 heavy (non-hydrogen) atoms. The van der Waals surface area contributed by atoms with Gasteiger partial charge in [0.25, 0.3) is 0 Å². The number of ether oxygens (including phenoxy) is 2. The number of hydrogen-bond donors (Lipinski definition) is 0. The molecule has 0 spiro atoms. The van der Waals surface area contributed by atoms with E-state index in [0.717, 1.165) is 43.4 Å². The van der Waals surface area contributed by atoms with E-state index in [-0.39, 0.29) is 12.0 Å². The summed E-state index contributed by atoms with van der Waals surface area (Å²) in [6.45, 7) is 3.60. The summed E-state index contributed by atoms with van der Waals surface area (Å²) in [6.07, 6.45) is 4.56. The van der Waals surface area contributed by atoms with Crippen molar-refractivity contribution in [1.82, 2.24) is 9.78 Å². The number of esters is 1. The van der Waals surface area contributed by atoms with E-state index < -0.39 is 0 Å². The average molecular weight is 302 g/mol. The number of carbonyl (C=O) groups excluding carboxylic acids is 1. The molecule has 1 aliphatic heterocycles. The molecular weight excluding hydrogens is 280 g/mol. The van der Waals surface area contributed by atoms with Gasteiger partial charge in [-0.3, -0.25) is 4.68 Å². The number of nitrogens with zero attached hydrogens (tertiary/aromatic N) is 2. The summed E-state index contributed by atoms with van der Waals surface area (Å²) in [5.41, 5.74) is 2.17. The van der Waals surface area contributed by atoms with Crippen LogP contribution in [-0.2, 0) is 14.3 Å². The zero-order valence-corrected chi connectivity index (χ0v) is 13.1. The molecule has 0 radical (unpaired) electrons. The maximum absolute atomic E-state index is 12.3. The molecule has 5 nitrogen and oxygen atoms in total. The Hall–Kier alpha value is -1.88. The van der Waals surface area contributed by atoms with Crippen molar-refractivity contribution in [2.24, 2.45) is 5.92 Å². The maximum Gasteiger partial charge on any atom is 0.330 e. The summed E-state index contributed by atoms with van der Waals surface area (Å²) in [4.78, 5) is 12.3. The topological polar surface area (TPSA) is 53.4 Å². The number of carbonyl (C=O) groups is 1. The first kappa shape index (κ1) is 15.0. The van der Waals surface area contributed by atoms with Gasteiger partial charge in [0.15, 0.2) is 0 Å². The van der Waals surface area contributed by atoms with Gasteiger partial charge in [0, 0.05) is 18.6 Å². The van der Waals surface area contributed by atoms with E-state index in [2.05, 4.69) is 18.1 Å². The molecule has 1 fully saturated rings. The van der Waals surface area contributed by atoms with Crippen molar-refractivity contribution in [2.75, 3.05) is 20.3 Å². The minimum Gasteiger partial charge on any atom is -0.467 e. The number of benzene rings is 1. The smallest absolute Gasteiger partial charge is 0.330 e. The third-order valence-electron chi connectivity index (χ3n) is 4.42. The van der Waals surface area contributed by atoms with Gasteiger partial charge in [-0.1, -0.05) is 11.6 Å². The molecule has 3 rings (SSSR count). The van der Waals surface area contributed by atoms with Crippen LogP contribution in [0.1, 0.15) is 30.9 Å². The Morgan fingerprint density at radius 1 is 1.45 bits per heavy atom. The van der Waals surface area contributed by atoms with Crippen LogP contribution in [-0.4, -0.2) is 36.1 Å². The SMILES string of the molecule is COC(=O)C(CC1CCOCC1)n1ncc2cc(C)ccc21. The molecule has 1 unspecified atom stereocenters. The maximum atomic E-state index is 12.3. The molecule has 0 aliphatic carbocycles. The van der Waals surface area contributed by atoms with Gasteiger partial charge >= 0.3 is 5.97 Å². The highest BCUT2D eigenvalue weighted by Gasteiger charge is 2.28. The number of aryl methyl sites for hydroxylation is 1. The lowest BCUT2D eigenvalue weighted by atomic mass is 9.92. The van der Waals surface area contributed by atoms with Crippen LogP contribution in [0.15, 0.2) is 24.4 Å². The van der Waals surface area contributed by atoms with Gasteiger partial charge in [0.05, 0.1) is 18.8 Å². The van der Waals surface area contributed by atoms with Crippen LogP contribution in [0.5, 0.6) is 0 Å². The van der Waals surface area contributed by atoms with E-state index in [1.807, 2.05) is 23.0 Å². The summed E-state index contributed by atoms with van der Waals surface area (Å²) < 4.78 is 12.2. The van der Waals surface area contributed by atoms with Crippen molar-refractivity contribution >= 4 is 16.9 Å². The Morgan fingerprint density at radius 3 is 2.95 bits per heavy atom. The van der Waals surface area contributed by atoms with E-state index in [0.29, 0.717) is 5.92 Å². The normalized spacial score (nSPS) is 17.5. The van der Waals surface area contributed by atoms with Crippen LogP contribution in [0.4, 0.5) is 0 Å². The Bertz CT molecular complexity index is 659. The number of aromatic nitrogens is 2. The Labute approximate surface area is 130 Å². The highest BCUT2D eigenvalue weighted by atomic mass is 16.5. The van der Waals surface area contributed by atoms with E-state index >= 15 is 0 Å². The second-order valence-corrected chi connectivity index (χ2v) is 5.98. The molecule has 5 heteroatoms. The van der Waals surface area contributed by atoms with Gasteiger partial charge in [0.1, 0.15) is 6.04 Å². The standard InChI is InChI=1S/C17H22N2O3/c1-12-3-4-15-14(9-12)11-18-19(15)16(17(20)21-2)10-13-5-7-22-8-6-13/h3-4,9,11,13,16H,5-8,10H2,1-2H3. The summed E-state index contributed by atoms with van der Waals surface area (Å²) in [5, 5.41) is 5.51. The van der Waals surface area contributed by atoms with Crippen molar-refractivity contribution in [1.29, 1.82) is 0 Å². The predicted octanol–water partition coefficient (Wildman–Crippen LogP) is 2.88. The van der Waals surface area contributed by atoms with Crippen molar-refractivity contribution in [3.63, 3.8) is 0 Å². The van der Waals surface area contributed by atoms with E-state index in [9.17, 15) is 4.79 Å². The number of rotatable bonds is 4. The van der Waals surface area contributed by atoms with Crippen molar-refractivity contribution in [3.05, 3.63) is 30.0 Å². The van der Waals surface area contributed by atoms with Crippen molar-refractivity contribution in [2.45, 2.75) is 32.2 Å². The molecule has 1 aromatic carbocycles. The molecule has 1 atom stereocenters.